The van der Waals surface area contributed by atoms with Gasteiger partial charge in [-0.15, -0.1) is 0 Å². The van der Waals surface area contributed by atoms with Crippen molar-refractivity contribution in [1.82, 2.24) is 14.4 Å². The molecule has 0 amide bonds. The summed E-state index contributed by atoms with van der Waals surface area (Å²) in [4.78, 5) is 4.47. The molecule has 0 N–H and O–H groups in total. The number of anilines is 1. The van der Waals surface area contributed by atoms with Gasteiger partial charge in [0.1, 0.15) is 5.69 Å². The van der Waals surface area contributed by atoms with Crippen LogP contribution in [0.5, 0.6) is 0 Å². The second-order valence-electron chi connectivity index (χ2n) is 8.83. The first-order valence-electron chi connectivity index (χ1n) is 11.4. The average Bonchev–Trinajstić information content (AvgIpc) is 3.47. The fourth-order valence-electron chi connectivity index (χ4n) is 4.07. The molecule has 0 aliphatic carbocycles. The number of hydrogen-bond acceptors (Lipinski definition) is 6. The van der Waals surface area contributed by atoms with E-state index in [1.54, 1.807) is 16.4 Å². The molecule has 0 saturated carbocycles. The van der Waals surface area contributed by atoms with Gasteiger partial charge in [0.2, 0.25) is 15.9 Å². The summed E-state index contributed by atoms with van der Waals surface area (Å²) in [7, 11) is 0.181. The molecule has 176 valence electrons. The van der Waals surface area contributed by atoms with Crippen molar-refractivity contribution in [3.63, 3.8) is 0 Å². The third kappa shape index (κ3) is 5.29. The summed E-state index contributed by atoms with van der Waals surface area (Å²) in [6.07, 6.45) is 2.18. The molecule has 2 aromatic carbocycles. The number of aromatic nitrogens is 1. The van der Waals surface area contributed by atoms with Gasteiger partial charge in [0.15, 0.2) is 0 Å². The van der Waals surface area contributed by atoms with Crippen LogP contribution in [0.2, 0.25) is 0 Å². The standard InChI is InChI=1S/C25H32N4O3S/c1-20-11-13-22(14-12-20)33(30,31)29(18-17-27(2)3)19-23-24(21-9-5-4-6-10-21)26-32-25(23)28-15-7-8-16-28/h4-6,9-14H,7-8,15-19H2,1-3H3. The van der Waals surface area contributed by atoms with Crippen molar-refractivity contribution < 1.29 is 12.9 Å². The summed E-state index contributed by atoms with van der Waals surface area (Å²) < 4.78 is 34.8. The van der Waals surface area contributed by atoms with E-state index >= 15 is 0 Å². The van der Waals surface area contributed by atoms with Crippen molar-refractivity contribution in [3.05, 3.63) is 65.7 Å². The Hall–Kier alpha value is -2.68. The molecule has 4 rings (SSSR count). The molecule has 3 aromatic rings. The third-order valence-electron chi connectivity index (χ3n) is 6.00. The van der Waals surface area contributed by atoms with E-state index in [4.69, 9.17) is 4.52 Å². The molecule has 2 heterocycles. The van der Waals surface area contributed by atoms with Crippen molar-refractivity contribution >= 4 is 15.9 Å². The minimum atomic E-state index is -3.71. The van der Waals surface area contributed by atoms with Crippen LogP contribution in [0, 0.1) is 6.92 Å². The van der Waals surface area contributed by atoms with Gasteiger partial charge in [0.05, 0.1) is 10.5 Å². The van der Waals surface area contributed by atoms with E-state index in [1.807, 2.05) is 68.4 Å². The van der Waals surface area contributed by atoms with Crippen LogP contribution in [0.1, 0.15) is 24.0 Å². The summed E-state index contributed by atoms with van der Waals surface area (Å²) >= 11 is 0. The first-order valence-corrected chi connectivity index (χ1v) is 12.8. The maximum atomic E-state index is 13.7. The number of sulfonamides is 1. The van der Waals surface area contributed by atoms with Crippen LogP contribution in [0.4, 0.5) is 5.88 Å². The van der Waals surface area contributed by atoms with Gasteiger partial charge in [-0.2, -0.15) is 4.31 Å². The molecule has 0 unspecified atom stereocenters. The lowest BCUT2D eigenvalue weighted by molar-refractivity contribution is 0.328. The van der Waals surface area contributed by atoms with Gasteiger partial charge in [-0.3, -0.25) is 0 Å². The largest absolute Gasteiger partial charge is 0.340 e. The highest BCUT2D eigenvalue weighted by molar-refractivity contribution is 7.89. The Balaban J connectivity index is 1.76. The molecule has 1 aromatic heterocycles. The summed E-state index contributed by atoms with van der Waals surface area (Å²) in [6, 6.07) is 16.9. The maximum Gasteiger partial charge on any atom is 0.243 e. The third-order valence-corrected chi connectivity index (χ3v) is 7.86. The second kappa shape index (κ2) is 10.1. The minimum absolute atomic E-state index is 0.198. The molecule has 1 fully saturated rings. The molecule has 0 atom stereocenters. The van der Waals surface area contributed by atoms with Crippen LogP contribution >= 0.6 is 0 Å². The van der Waals surface area contributed by atoms with Crippen LogP contribution < -0.4 is 4.90 Å². The number of rotatable bonds is 9. The topological polar surface area (TPSA) is 69.9 Å². The predicted molar refractivity (Wildman–Crippen MR) is 131 cm³/mol. The highest BCUT2D eigenvalue weighted by atomic mass is 32.2. The zero-order valence-electron chi connectivity index (χ0n) is 19.6. The number of likely N-dealkylation sites (N-methyl/N-ethyl adjacent to an activating group) is 1. The van der Waals surface area contributed by atoms with E-state index in [2.05, 4.69) is 10.1 Å². The van der Waals surface area contributed by atoms with Crippen molar-refractivity contribution in [2.75, 3.05) is 45.2 Å². The zero-order chi connectivity index (χ0) is 23.4. The number of benzene rings is 2. The highest BCUT2D eigenvalue weighted by Gasteiger charge is 2.31. The van der Waals surface area contributed by atoms with Crippen LogP contribution in [0.25, 0.3) is 11.3 Å². The Morgan fingerprint density at radius 3 is 2.27 bits per heavy atom. The van der Waals surface area contributed by atoms with Gasteiger partial charge in [-0.25, -0.2) is 8.42 Å². The Morgan fingerprint density at radius 2 is 1.64 bits per heavy atom. The zero-order valence-corrected chi connectivity index (χ0v) is 20.4. The van der Waals surface area contributed by atoms with Gasteiger partial charge >= 0.3 is 0 Å². The Bertz CT molecular complexity index is 1150. The second-order valence-corrected chi connectivity index (χ2v) is 10.8. The Morgan fingerprint density at radius 1 is 0.970 bits per heavy atom. The van der Waals surface area contributed by atoms with E-state index in [9.17, 15) is 8.42 Å². The normalized spacial score (nSPS) is 14.5. The molecule has 7 nitrogen and oxygen atoms in total. The number of hydrogen-bond donors (Lipinski definition) is 0. The van der Waals surface area contributed by atoms with Crippen molar-refractivity contribution in [2.24, 2.45) is 0 Å². The lowest BCUT2D eigenvalue weighted by Crippen LogP contribution is -2.36. The van der Waals surface area contributed by atoms with E-state index in [-0.39, 0.29) is 6.54 Å². The summed E-state index contributed by atoms with van der Waals surface area (Å²) in [5, 5.41) is 4.40. The smallest absolute Gasteiger partial charge is 0.243 e. The molecule has 0 bridgehead atoms. The van der Waals surface area contributed by atoms with Gasteiger partial charge in [-0.1, -0.05) is 53.2 Å². The SMILES string of the molecule is Cc1ccc(S(=O)(=O)N(CCN(C)C)Cc2c(-c3ccccc3)noc2N2CCCC2)cc1. The number of aryl methyl sites for hydroxylation is 1. The van der Waals surface area contributed by atoms with Crippen LogP contribution in [-0.4, -0.2) is 63.1 Å². The monoisotopic (exact) mass is 468 g/mol. The van der Waals surface area contributed by atoms with E-state index < -0.39 is 10.0 Å². The van der Waals surface area contributed by atoms with Gasteiger partial charge in [-0.05, 0) is 46.0 Å². The molecule has 0 spiro atoms. The van der Waals surface area contributed by atoms with Gasteiger partial charge in [0.25, 0.3) is 0 Å². The lowest BCUT2D eigenvalue weighted by Gasteiger charge is -2.25. The predicted octanol–water partition coefficient (Wildman–Crippen LogP) is 4.00. The number of nitrogens with zero attached hydrogens (tertiary/aromatic N) is 4. The Labute approximate surface area is 196 Å². The van der Waals surface area contributed by atoms with Crippen LogP contribution in [-0.2, 0) is 16.6 Å². The van der Waals surface area contributed by atoms with E-state index in [0.717, 1.165) is 42.6 Å². The average molecular weight is 469 g/mol. The van der Waals surface area contributed by atoms with Crippen molar-refractivity contribution in [1.29, 1.82) is 0 Å². The van der Waals surface area contributed by atoms with Crippen LogP contribution in [0.3, 0.4) is 0 Å². The lowest BCUT2D eigenvalue weighted by atomic mass is 10.1. The molecule has 1 saturated heterocycles. The van der Waals surface area contributed by atoms with Crippen LogP contribution in [0.15, 0.2) is 64.0 Å². The summed E-state index contributed by atoms with van der Waals surface area (Å²) in [6.45, 7) is 4.89. The van der Waals surface area contributed by atoms with Crippen molar-refractivity contribution in [2.45, 2.75) is 31.2 Å². The fourth-order valence-corrected chi connectivity index (χ4v) is 5.47. The maximum absolute atomic E-state index is 13.7. The fraction of sp³-hybridized carbons (Fsp3) is 0.400. The van der Waals surface area contributed by atoms with Gasteiger partial charge < -0.3 is 14.3 Å². The quantitative estimate of drug-likeness (QED) is 0.473. The summed E-state index contributed by atoms with van der Waals surface area (Å²) in [5.74, 6) is 0.681. The highest BCUT2D eigenvalue weighted by Crippen LogP contribution is 2.35. The molecule has 33 heavy (non-hydrogen) atoms. The molecule has 0 radical (unpaired) electrons. The van der Waals surface area contributed by atoms with Gasteiger partial charge in [0, 0.05) is 38.3 Å². The van der Waals surface area contributed by atoms with E-state index in [0.29, 0.717) is 29.6 Å². The summed E-state index contributed by atoms with van der Waals surface area (Å²) in [5.41, 5.74) is 3.46. The first-order chi connectivity index (χ1) is 15.9. The Kier molecular flexibility index (Phi) is 7.17. The first kappa shape index (κ1) is 23.5. The van der Waals surface area contributed by atoms with Crippen molar-refractivity contribution in [3.8, 4) is 11.3 Å². The molecule has 1 aliphatic heterocycles. The molecular weight excluding hydrogens is 436 g/mol. The van der Waals surface area contributed by atoms with E-state index in [1.165, 1.54) is 0 Å². The molecular formula is C25H32N4O3S. The molecule has 8 heteroatoms. The minimum Gasteiger partial charge on any atom is -0.340 e. The molecule has 1 aliphatic rings.